The topological polar surface area (TPSA) is 93.5 Å². The number of carbonyl (C=O) groups excluding carboxylic acids is 1. The van der Waals surface area contributed by atoms with Crippen LogP contribution in [0.25, 0.3) is 0 Å². The van der Waals surface area contributed by atoms with Crippen molar-refractivity contribution >= 4 is 15.9 Å². The Bertz CT molecular complexity index is 1000. The van der Waals surface area contributed by atoms with Crippen LogP contribution in [0, 0.1) is 5.82 Å². The number of nitrogens with one attached hydrogen (secondary N) is 1. The summed E-state index contributed by atoms with van der Waals surface area (Å²) in [5, 5.41) is 2.83. The summed E-state index contributed by atoms with van der Waals surface area (Å²) >= 11 is 0. The van der Waals surface area contributed by atoms with Gasteiger partial charge in [0.1, 0.15) is 5.82 Å². The van der Waals surface area contributed by atoms with Gasteiger partial charge in [-0.25, -0.2) is 22.6 Å². The number of rotatable bonds is 10. The van der Waals surface area contributed by atoms with Crippen LogP contribution in [0.4, 0.5) is 9.18 Å². The van der Waals surface area contributed by atoms with Gasteiger partial charge >= 0.3 is 6.03 Å². The number of sulfone groups is 1. The number of ether oxygens (including phenoxy) is 1. The number of hydrogen-bond donors (Lipinski definition) is 1. The summed E-state index contributed by atoms with van der Waals surface area (Å²) in [4.78, 5) is 18.6. The van der Waals surface area contributed by atoms with Crippen molar-refractivity contribution in [1.82, 2.24) is 19.8 Å². The second kappa shape index (κ2) is 9.78. The molecule has 0 radical (unpaired) electrons. The monoisotopic (exact) mass is 452 g/mol. The third-order valence-electron chi connectivity index (χ3n) is 4.96. The first-order valence-electron chi connectivity index (χ1n) is 10.3. The number of urea groups is 1. The minimum atomic E-state index is -3.79. The maximum Gasteiger partial charge on any atom is 0.318 e. The second-order valence-corrected chi connectivity index (χ2v) is 9.91. The lowest BCUT2D eigenvalue weighted by atomic mass is 10.2. The zero-order valence-electron chi connectivity index (χ0n) is 18.0. The van der Waals surface area contributed by atoms with Gasteiger partial charge in [0, 0.05) is 25.7 Å². The molecule has 1 N–H and O–H groups in total. The Balaban J connectivity index is 1.88. The van der Waals surface area contributed by atoms with E-state index >= 15 is 0 Å². The number of aromatic nitrogens is 2. The van der Waals surface area contributed by atoms with Crippen LogP contribution in [0.3, 0.4) is 0 Å². The quantitative estimate of drug-likeness (QED) is 0.598. The summed E-state index contributed by atoms with van der Waals surface area (Å²) in [6.07, 6.45) is 3.35. The molecule has 0 spiro atoms. The molecule has 2 aromatic rings. The van der Waals surface area contributed by atoms with E-state index in [1.807, 2.05) is 13.8 Å². The van der Waals surface area contributed by atoms with Crippen LogP contribution in [-0.4, -0.2) is 54.7 Å². The Hall–Kier alpha value is -2.46. The molecule has 0 bridgehead atoms. The van der Waals surface area contributed by atoms with Crippen LogP contribution >= 0.6 is 0 Å². The molecule has 0 aliphatic heterocycles. The molecule has 1 fully saturated rings. The van der Waals surface area contributed by atoms with Crippen molar-refractivity contribution in [2.24, 2.45) is 0 Å². The highest BCUT2D eigenvalue weighted by Crippen LogP contribution is 2.29. The van der Waals surface area contributed by atoms with Gasteiger partial charge in [-0.05, 0) is 44.4 Å². The van der Waals surface area contributed by atoms with Gasteiger partial charge in [-0.3, -0.25) is 0 Å². The number of methoxy groups -OCH3 is 1. The van der Waals surface area contributed by atoms with E-state index in [2.05, 4.69) is 10.3 Å². The van der Waals surface area contributed by atoms with Gasteiger partial charge in [0.2, 0.25) is 15.0 Å². The number of nitrogens with zero attached hydrogens (tertiary/aromatic N) is 3. The molecule has 0 saturated heterocycles. The lowest BCUT2D eigenvalue weighted by Crippen LogP contribution is -2.44. The van der Waals surface area contributed by atoms with Crippen LogP contribution in [-0.2, 0) is 33.4 Å². The Morgan fingerprint density at radius 1 is 1.32 bits per heavy atom. The average Bonchev–Trinajstić information content (AvgIpc) is 3.45. The predicted octanol–water partition coefficient (Wildman–Crippen LogP) is 2.72. The molecule has 2 amide bonds. The van der Waals surface area contributed by atoms with Gasteiger partial charge in [0.05, 0.1) is 30.8 Å². The first-order valence-corrected chi connectivity index (χ1v) is 11.9. The molecule has 1 aromatic heterocycles. The molecule has 3 rings (SSSR count). The zero-order chi connectivity index (χ0) is 22.6. The Morgan fingerprint density at radius 3 is 2.58 bits per heavy atom. The second-order valence-electron chi connectivity index (χ2n) is 8.03. The highest BCUT2D eigenvalue weighted by Gasteiger charge is 2.34. The van der Waals surface area contributed by atoms with Gasteiger partial charge in [0.15, 0.2) is 0 Å². The maximum atomic E-state index is 13.2. The molecule has 10 heteroatoms. The molecule has 170 valence electrons. The van der Waals surface area contributed by atoms with E-state index in [0.29, 0.717) is 17.9 Å². The lowest BCUT2D eigenvalue weighted by Gasteiger charge is -2.25. The van der Waals surface area contributed by atoms with Crippen LogP contribution in [0.15, 0.2) is 35.6 Å². The Kier molecular flexibility index (Phi) is 7.32. The summed E-state index contributed by atoms with van der Waals surface area (Å²) < 4.78 is 46.1. The van der Waals surface area contributed by atoms with Crippen molar-refractivity contribution in [1.29, 1.82) is 0 Å². The molecule has 1 heterocycles. The molecule has 8 nitrogen and oxygen atoms in total. The number of amides is 2. The highest BCUT2D eigenvalue weighted by atomic mass is 32.2. The molecular weight excluding hydrogens is 423 g/mol. The van der Waals surface area contributed by atoms with Crippen molar-refractivity contribution in [2.45, 2.75) is 62.8 Å². The standard InChI is InChI=1S/C21H29FN4O4S/c1-15(2)24-20(27)26(18-8-9-18)13-19-12-23-21(25(19)10-11-30-3)31(28,29)14-16-4-6-17(22)7-5-16/h4-7,12,15,18H,8-11,13-14H2,1-3H3,(H,24,27). The third kappa shape index (κ3) is 6.04. The van der Waals surface area contributed by atoms with E-state index in [1.54, 1.807) is 9.47 Å². The van der Waals surface area contributed by atoms with E-state index in [4.69, 9.17) is 4.74 Å². The van der Waals surface area contributed by atoms with Crippen molar-refractivity contribution in [3.05, 3.63) is 47.5 Å². The number of hydrogen-bond acceptors (Lipinski definition) is 5. The first-order chi connectivity index (χ1) is 14.7. The van der Waals surface area contributed by atoms with Crippen molar-refractivity contribution in [3.8, 4) is 0 Å². The van der Waals surface area contributed by atoms with Crippen LogP contribution in [0.5, 0.6) is 0 Å². The molecule has 0 unspecified atom stereocenters. The van der Waals surface area contributed by atoms with Gasteiger partial charge in [-0.1, -0.05) is 12.1 Å². The highest BCUT2D eigenvalue weighted by molar-refractivity contribution is 7.90. The van der Waals surface area contributed by atoms with Gasteiger partial charge < -0.3 is 19.5 Å². The van der Waals surface area contributed by atoms with Crippen molar-refractivity contribution in [2.75, 3.05) is 13.7 Å². The first kappa shape index (κ1) is 23.2. The Morgan fingerprint density at radius 2 is 2.00 bits per heavy atom. The van der Waals surface area contributed by atoms with Crippen molar-refractivity contribution in [3.63, 3.8) is 0 Å². The minimum Gasteiger partial charge on any atom is -0.383 e. The zero-order valence-corrected chi connectivity index (χ0v) is 18.9. The molecule has 0 atom stereocenters. The number of halogens is 1. The summed E-state index contributed by atoms with van der Waals surface area (Å²) in [5.74, 6) is -0.721. The SMILES string of the molecule is COCCn1c(CN(C(=O)NC(C)C)C2CC2)cnc1S(=O)(=O)Cc1ccc(F)cc1. The van der Waals surface area contributed by atoms with Crippen LogP contribution in [0.1, 0.15) is 37.9 Å². The molecule has 1 saturated carbocycles. The Labute approximate surface area is 182 Å². The van der Waals surface area contributed by atoms with Gasteiger partial charge in [-0.2, -0.15) is 0 Å². The fourth-order valence-electron chi connectivity index (χ4n) is 3.31. The fourth-order valence-corrected chi connectivity index (χ4v) is 4.83. The molecular formula is C21H29FN4O4S. The number of carbonyl (C=O) groups is 1. The normalized spacial score (nSPS) is 14.1. The lowest BCUT2D eigenvalue weighted by molar-refractivity contribution is 0.177. The smallest absolute Gasteiger partial charge is 0.318 e. The van der Waals surface area contributed by atoms with Crippen LogP contribution in [0.2, 0.25) is 0 Å². The van der Waals surface area contributed by atoms with Gasteiger partial charge in [0.25, 0.3) is 0 Å². The van der Waals surface area contributed by atoms with Gasteiger partial charge in [-0.15, -0.1) is 0 Å². The summed E-state index contributed by atoms with van der Waals surface area (Å²) in [5.41, 5.74) is 1.10. The van der Waals surface area contributed by atoms with E-state index in [0.717, 1.165) is 12.8 Å². The molecule has 1 aromatic carbocycles. The number of imidazole rings is 1. The number of benzene rings is 1. The third-order valence-corrected chi connectivity index (χ3v) is 6.56. The van der Waals surface area contributed by atoms with E-state index in [1.165, 1.54) is 37.6 Å². The van der Waals surface area contributed by atoms with E-state index in [-0.39, 0.29) is 42.1 Å². The molecule has 1 aliphatic carbocycles. The summed E-state index contributed by atoms with van der Waals surface area (Å²) in [6.45, 7) is 4.63. The minimum absolute atomic E-state index is 0.00111. The molecule has 31 heavy (non-hydrogen) atoms. The van der Waals surface area contributed by atoms with Crippen molar-refractivity contribution < 1.29 is 22.3 Å². The molecule has 1 aliphatic rings. The van der Waals surface area contributed by atoms with E-state index in [9.17, 15) is 17.6 Å². The maximum absolute atomic E-state index is 13.2. The largest absolute Gasteiger partial charge is 0.383 e. The predicted molar refractivity (Wildman–Crippen MR) is 114 cm³/mol. The summed E-state index contributed by atoms with van der Waals surface area (Å²) in [6, 6.07) is 5.32. The fraction of sp³-hybridized carbons (Fsp3) is 0.524. The summed E-state index contributed by atoms with van der Waals surface area (Å²) in [7, 11) is -2.25. The van der Waals surface area contributed by atoms with Crippen LogP contribution < -0.4 is 5.32 Å². The van der Waals surface area contributed by atoms with E-state index < -0.39 is 15.7 Å². The average molecular weight is 453 g/mol.